The molecule has 2 rings (SSSR count). The van der Waals surface area contributed by atoms with Gasteiger partial charge in [0.05, 0.1) is 6.04 Å². The highest BCUT2D eigenvalue weighted by Gasteiger charge is 2.37. The molecule has 1 atom stereocenters. The number of benzene rings is 1. The second-order valence-electron chi connectivity index (χ2n) is 4.07. The number of amides is 2. The van der Waals surface area contributed by atoms with Crippen molar-refractivity contribution >= 4 is 12.0 Å². The predicted octanol–water partition coefficient (Wildman–Crippen LogP) is 1.89. The Morgan fingerprint density at radius 1 is 1.47 bits per heavy atom. The number of cyclic esters (lactones) is 1. The molecule has 7 nitrogen and oxygen atoms in total. The van der Waals surface area contributed by atoms with Crippen LogP contribution in [0.5, 0.6) is 0 Å². The minimum atomic E-state index is -0.681. The first kappa shape index (κ1) is 12.9. The van der Waals surface area contributed by atoms with E-state index in [4.69, 9.17) is 10.3 Å². The summed E-state index contributed by atoms with van der Waals surface area (Å²) >= 11 is 0. The highest BCUT2D eigenvalue weighted by molar-refractivity contribution is 5.94. The van der Waals surface area contributed by atoms with Gasteiger partial charge in [-0.25, -0.2) is 9.69 Å². The van der Waals surface area contributed by atoms with E-state index in [1.807, 2.05) is 30.3 Å². The van der Waals surface area contributed by atoms with Crippen LogP contribution in [-0.4, -0.2) is 36.1 Å². The van der Waals surface area contributed by atoms with Gasteiger partial charge in [-0.15, -0.1) is 0 Å². The van der Waals surface area contributed by atoms with E-state index in [-0.39, 0.29) is 19.2 Å². The van der Waals surface area contributed by atoms with Gasteiger partial charge in [0.15, 0.2) is 0 Å². The van der Waals surface area contributed by atoms with Crippen molar-refractivity contribution in [3.8, 4) is 0 Å². The van der Waals surface area contributed by atoms with Gasteiger partial charge in [-0.2, -0.15) is 0 Å². The number of ether oxygens (including phenoxy) is 1. The smallest absolute Gasteiger partial charge is 0.416 e. The molecule has 0 unspecified atom stereocenters. The quantitative estimate of drug-likeness (QED) is 0.469. The van der Waals surface area contributed by atoms with E-state index in [2.05, 4.69) is 10.0 Å². The average Bonchev–Trinajstić information content (AvgIpc) is 2.78. The highest BCUT2D eigenvalue weighted by Crippen LogP contribution is 2.17. The topological polar surface area (TPSA) is 95.4 Å². The molecule has 7 heteroatoms. The van der Waals surface area contributed by atoms with Crippen LogP contribution in [0.2, 0.25) is 0 Å². The lowest BCUT2D eigenvalue weighted by molar-refractivity contribution is -0.127. The summed E-state index contributed by atoms with van der Waals surface area (Å²) in [7, 11) is 0. The van der Waals surface area contributed by atoms with Gasteiger partial charge in [0, 0.05) is 4.91 Å². The van der Waals surface area contributed by atoms with Gasteiger partial charge in [0.1, 0.15) is 13.2 Å². The number of hydrogen-bond acceptors (Lipinski definition) is 4. The number of hydrogen-bond donors (Lipinski definition) is 0. The summed E-state index contributed by atoms with van der Waals surface area (Å²) in [6.07, 6.45) is -0.159. The van der Waals surface area contributed by atoms with E-state index < -0.39 is 12.0 Å². The van der Waals surface area contributed by atoms with Crippen LogP contribution in [0.4, 0.5) is 4.79 Å². The minimum absolute atomic E-state index is 0.162. The molecule has 0 N–H and O–H groups in total. The number of carbonyl (C=O) groups is 2. The second-order valence-corrected chi connectivity index (χ2v) is 4.07. The van der Waals surface area contributed by atoms with E-state index in [0.717, 1.165) is 10.5 Å². The Morgan fingerprint density at radius 3 is 2.89 bits per heavy atom. The van der Waals surface area contributed by atoms with Gasteiger partial charge in [-0.3, -0.25) is 4.79 Å². The summed E-state index contributed by atoms with van der Waals surface area (Å²) < 4.78 is 4.88. The van der Waals surface area contributed by atoms with Crippen LogP contribution in [0, 0.1) is 0 Å². The van der Waals surface area contributed by atoms with Crippen molar-refractivity contribution in [3.63, 3.8) is 0 Å². The molecule has 0 bridgehead atoms. The van der Waals surface area contributed by atoms with E-state index in [0.29, 0.717) is 6.42 Å². The first-order valence-electron chi connectivity index (χ1n) is 5.76. The molecule has 1 aliphatic rings. The fourth-order valence-corrected chi connectivity index (χ4v) is 1.97. The third-order valence-corrected chi connectivity index (χ3v) is 2.81. The Balaban J connectivity index is 2.09. The van der Waals surface area contributed by atoms with Crippen LogP contribution < -0.4 is 0 Å². The summed E-state index contributed by atoms with van der Waals surface area (Å²) in [5.74, 6) is -0.541. The van der Waals surface area contributed by atoms with Crippen molar-refractivity contribution in [2.75, 3.05) is 13.2 Å². The molecule has 98 valence electrons. The van der Waals surface area contributed by atoms with Crippen molar-refractivity contribution in [1.29, 1.82) is 0 Å². The molecule has 1 heterocycles. The normalized spacial score (nSPS) is 17.8. The van der Waals surface area contributed by atoms with Crippen LogP contribution in [0.1, 0.15) is 5.56 Å². The number of rotatable bonds is 4. The zero-order chi connectivity index (χ0) is 13.7. The molecule has 0 radical (unpaired) electrons. The lowest BCUT2D eigenvalue weighted by Gasteiger charge is -2.18. The summed E-state index contributed by atoms with van der Waals surface area (Å²) in [6.45, 7) is -0.216. The van der Waals surface area contributed by atoms with Crippen LogP contribution in [0.25, 0.3) is 10.4 Å². The molecule has 1 aliphatic heterocycles. The molecule has 19 heavy (non-hydrogen) atoms. The van der Waals surface area contributed by atoms with Crippen molar-refractivity contribution in [2.45, 2.75) is 12.5 Å². The number of azide groups is 1. The molecule has 2 amide bonds. The SMILES string of the molecule is [N-]=[N+]=NCC(=O)N1C(=O)OC[C@H]1Cc1ccccc1. The monoisotopic (exact) mass is 260 g/mol. The Hall–Kier alpha value is -2.53. The fourth-order valence-electron chi connectivity index (χ4n) is 1.97. The average molecular weight is 260 g/mol. The Kier molecular flexibility index (Phi) is 4.00. The molecule has 0 spiro atoms. The maximum atomic E-state index is 11.8. The van der Waals surface area contributed by atoms with Crippen molar-refractivity contribution < 1.29 is 14.3 Å². The summed E-state index contributed by atoms with van der Waals surface area (Å²) in [6, 6.07) is 9.15. The third kappa shape index (κ3) is 3.02. The fraction of sp³-hybridized carbons (Fsp3) is 0.333. The van der Waals surface area contributed by atoms with Crippen molar-refractivity contribution in [1.82, 2.24) is 4.90 Å². The van der Waals surface area contributed by atoms with Crippen LogP contribution in [-0.2, 0) is 16.0 Å². The largest absolute Gasteiger partial charge is 0.447 e. The number of nitrogens with zero attached hydrogens (tertiary/aromatic N) is 4. The first-order chi connectivity index (χ1) is 9.22. The van der Waals surface area contributed by atoms with E-state index >= 15 is 0 Å². The lowest BCUT2D eigenvalue weighted by atomic mass is 10.1. The molecule has 0 aromatic heterocycles. The molecular weight excluding hydrogens is 248 g/mol. The zero-order valence-electron chi connectivity index (χ0n) is 10.1. The van der Waals surface area contributed by atoms with Crippen molar-refractivity contribution in [2.24, 2.45) is 5.11 Å². The van der Waals surface area contributed by atoms with Gasteiger partial charge in [-0.05, 0) is 17.5 Å². The van der Waals surface area contributed by atoms with E-state index in [1.54, 1.807) is 0 Å². The highest BCUT2D eigenvalue weighted by atomic mass is 16.6. The molecule has 1 aromatic rings. The molecular formula is C12H12N4O3. The predicted molar refractivity (Wildman–Crippen MR) is 66.1 cm³/mol. The maximum Gasteiger partial charge on any atom is 0.416 e. The minimum Gasteiger partial charge on any atom is -0.447 e. The van der Waals surface area contributed by atoms with E-state index in [9.17, 15) is 9.59 Å². The summed E-state index contributed by atoms with van der Waals surface area (Å²) in [4.78, 5) is 26.8. The van der Waals surface area contributed by atoms with Crippen LogP contribution >= 0.6 is 0 Å². The van der Waals surface area contributed by atoms with Gasteiger partial charge in [-0.1, -0.05) is 35.4 Å². The number of imide groups is 1. The summed E-state index contributed by atoms with van der Waals surface area (Å²) in [5, 5.41) is 3.17. The Morgan fingerprint density at radius 2 is 2.21 bits per heavy atom. The lowest BCUT2D eigenvalue weighted by Crippen LogP contribution is -2.41. The molecule has 1 saturated heterocycles. The van der Waals surface area contributed by atoms with Crippen molar-refractivity contribution in [3.05, 3.63) is 46.3 Å². The zero-order valence-corrected chi connectivity index (χ0v) is 10.1. The maximum absolute atomic E-state index is 11.8. The molecule has 0 aliphatic carbocycles. The van der Waals surface area contributed by atoms with E-state index in [1.165, 1.54) is 0 Å². The third-order valence-electron chi connectivity index (χ3n) is 2.81. The second kappa shape index (κ2) is 5.88. The van der Waals surface area contributed by atoms with Gasteiger partial charge in [0.25, 0.3) is 0 Å². The van der Waals surface area contributed by atoms with Crippen LogP contribution in [0.3, 0.4) is 0 Å². The summed E-state index contributed by atoms with van der Waals surface area (Å²) in [5.41, 5.74) is 9.20. The molecule has 0 saturated carbocycles. The first-order valence-corrected chi connectivity index (χ1v) is 5.76. The number of carbonyl (C=O) groups excluding carboxylic acids is 2. The Labute approximate surface area is 109 Å². The molecule has 1 aromatic carbocycles. The van der Waals surface area contributed by atoms with Crippen LogP contribution in [0.15, 0.2) is 35.4 Å². The Bertz CT molecular complexity index is 525. The molecule has 1 fully saturated rings. The standard InChI is InChI=1S/C12H12N4O3/c13-15-14-7-11(17)16-10(8-19-12(16)18)6-9-4-2-1-3-5-9/h1-5,10H,6-8H2/t10-/m1/s1. The van der Waals surface area contributed by atoms with Gasteiger partial charge < -0.3 is 4.74 Å². The van der Waals surface area contributed by atoms with Gasteiger partial charge in [0.2, 0.25) is 5.91 Å². The van der Waals surface area contributed by atoms with Gasteiger partial charge >= 0.3 is 6.09 Å².